The Kier molecular flexibility index (Phi) is 4.70. The summed E-state index contributed by atoms with van der Waals surface area (Å²) in [6.07, 6.45) is 6.48. The molecule has 3 aliphatic rings. The fourth-order valence-electron chi connectivity index (χ4n) is 2.18. The van der Waals surface area contributed by atoms with Crippen molar-refractivity contribution in [2.45, 2.75) is 10.5 Å². The van der Waals surface area contributed by atoms with Crippen molar-refractivity contribution in [2.75, 3.05) is 20.2 Å². The third kappa shape index (κ3) is 3.34. The molecular formula is C13H14N2O2S4. The standard InChI is InChI=1S/C13H14N2O2S4/c1-15(2-3-16)11-6-9-8(20-11)4-7(19-9)5-10-12(18)14-13(17)21-10/h4-6,8-9,16H,2-3H2,1H3,(H,14,17,18)/b10-5-. The van der Waals surface area contributed by atoms with Crippen molar-refractivity contribution in [3.63, 3.8) is 0 Å². The molecule has 0 aliphatic carbocycles. The van der Waals surface area contributed by atoms with Gasteiger partial charge in [-0.15, -0.1) is 11.8 Å². The van der Waals surface area contributed by atoms with E-state index in [9.17, 15) is 4.79 Å². The van der Waals surface area contributed by atoms with Gasteiger partial charge in [0.25, 0.3) is 5.24 Å². The first-order valence-corrected chi connectivity index (χ1v) is 9.39. The molecule has 21 heavy (non-hydrogen) atoms. The lowest BCUT2D eigenvalue weighted by molar-refractivity contribution is 0.252. The fraction of sp³-hybridized carbons (Fsp3) is 0.385. The van der Waals surface area contributed by atoms with Crippen LogP contribution < -0.4 is 5.32 Å². The maximum Gasteiger partial charge on any atom is 0.289 e. The summed E-state index contributed by atoms with van der Waals surface area (Å²) in [5, 5.41) is 13.6. The van der Waals surface area contributed by atoms with Crippen LogP contribution in [0.3, 0.4) is 0 Å². The summed E-state index contributed by atoms with van der Waals surface area (Å²) in [4.78, 5) is 15.9. The minimum atomic E-state index is -0.0998. The molecule has 3 heterocycles. The SMILES string of the molecule is CN(CCO)C1=CC2SC(/C=C3\SC(=O)NC3=S)=CC2S1. The lowest BCUT2D eigenvalue weighted by atomic mass is 10.2. The molecule has 0 saturated carbocycles. The van der Waals surface area contributed by atoms with Gasteiger partial charge in [-0.1, -0.05) is 30.1 Å². The van der Waals surface area contributed by atoms with Crippen molar-refractivity contribution in [1.29, 1.82) is 0 Å². The lowest BCUT2D eigenvalue weighted by Gasteiger charge is -2.18. The van der Waals surface area contributed by atoms with Crippen LogP contribution >= 0.6 is 47.5 Å². The van der Waals surface area contributed by atoms with Gasteiger partial charge in [-0.05, 0) is 23.9 Å². The van der Waals surface area contributed by atoms with Gasteiger partial charge in [0.2, 0.25) is 0 Å². The predicted molar refractivity (Wildman–Crippen MR) is 95.4 cm³/mol. The van der Waals surface area contributed by atoms with Crippen molar-refractivity contribution >= 4 is 57.7 Å². The molecular weight excluding hydrogens is 344 g/mol. The molecule has 112 valence electrons. The number of likely N-dealkylation sites (N-methyl/N-ethyl adjacent to an activating group) is 1. The Morgan fingerprint density at radius 3 is 2.81 bits per heavy atom. The van der Waals surface area contributed by atoms with Crippen molar-refractivity contribution < 1.29 is 9.90 Å². The highest BCUT2D eigenvalue weighted by Crippen LogP contribution is 2.49. The van der Waals surface area contributed by atoms with E-state index in [4.69, 9.17) is 17.3 Å². The van der Waals surface area contributed by atoms with Crippen LogP contribution in [0.5, 0.6) is 0 Å². The largest absolute Gasteiger partial charge is 0.395 e. The molecule has 1 saturated heterocycles. The molecule has 3 aliphatic heterocycles. The molecule has 1 fully saturated rings. The Balaban J connectivity index is 1.65. The Morgan fingerprint density at radius 1 is 1.43 bits per heavy atom. The van der Waals surface area contributed by atoms with Crippen LogP contribution in [0.15, 0.2) is 33.1 Å². The van der Waals surface area contributed by atoms with Gasteiger partial charge in [0, 0.05) is 29.0 Å². The van der Waals surface area contributed by atoms with E-state index in [1.165, 1.54) is 9.93 Å². The second-order valence-corrected chi connectivity index (χ2v) is 8.61. The van der Waals surface area contributed by atoms with E-state index in [1.54, 1.807) is 11.8 Å². The lowest BCUT2D eigenvalue weighted by Crippen LogP contribution is -2.19. The topological polar surface area (TPSA) is 52.6 Å². The van der Waals surface area contributed by atoms with Gasteiger partial charge in [0.05, 0.1) is 16.5 Å². The minimum absolute atomic E-state index is 0.0998. The van der Waals surface area contributed by atoms with Crippen LogP contribution in [-0.4, -0.2) is 50.9 Å². The Morgan fingerprint density at radius 2 is 2.19 bits per heavy atom. The number of nitrogens with one attached hydrogen (secondary N) is 1. The molecule has 0 aromatic heterocycles. The zero-order valence-corrected chi connectivity index (χ0v) is 14.5. The van der Waals surface area contributed by atoms with E-state index >= 15 is 0 Å². The second kappa shape index (κ2) is 6.37. The smallest absolute Gasteiger partial charge is 0.289 e. The zero-order valence-electron chi connectivity index (χ0n) is 11.2. The van der Waals surface area contributed by atoms with Crippen molar-refractivity contribution in [3.05, 3.63) is 33.1 Å². The van der Waals surface area contributed by atoms with Gasteiger partial charge in [-0.2, -0.15) is 0 Å². The van der Waals surface area contributed by atoms with Gasteiger partial charge < -0.3 is 15.3 Å². The number of carbonyl (C=O) groups excluding carboxylic acids is 1. The highest BCUT2D eigenvalue weighted by Gasteiger charge is 2.34. The summed E-state index contributed by atoms with van der Waals surface area (Å²) in [6, 6.07) is 0. The monoisotopic (exact) mass is 358 g/mol. The first-order chi connectivity index (χ1) is 10.1. The summed E-state index contributed by atoms with van der Waals surface area (Å²) >= 11 is 9.90. The van der Waals surface area contributed by atoms with Gasteiger partial charge in [-0.3, -0.25) is 4.79 Å². The van der Waals surface area contributed by atoms with Crippen LogP contribution in [-0.2, 0) is 0 Å². The van der Waals surface area contributed by atoms with Crippen molar-refractivity contribution in [1.82, 2.24) is 10.2 Å². The number of nitrogens with zero attached hydrogens (tertiary/aromatic N) is 1. The first kappa shape index (κ1) is 15.5. The highest BCUT2D eigenvalue weighted by atomic mass is 32.2. The maximum atomic E-state index is 11.3. The molecule has 0 radical (unpaired) electrons. The van der Waals surface area contributed by atoms with Crippen LogP contribution in [0, 0.1) is 0 Å². The molecule has 2 N–H and O–H groups in total. The van der Waals surface area contributed by atoms with E-state index < -0.39 is 0 Å². The molecule has 2 unspecified atom stereocenters. The number of hydrogen-bond donors (Lipinski definition) is 2. The molecule has 4 nitrogen and oxygen atoms in total. The number of rotatable bonds is 4. The van der Waals surface area contributed by atoms with Gasteiger partial charge in [0.15, 0.2) is 0 Å². The third-order valence-electron chi connectivity index (χ3n) is 3.22. The average molecular weight is 359 g/mol. The normalized spacial score (nSPS) is 29.5. The molecule has 0 bridgehead atoms. The zero-order chi connectivity index (χ0) is 15.0. The summed E-state index contributed by atoms with van der Waals surface area (Å²) in [5.41, 5.74) is 0. The quantitative estimate of drug-likeness (QED) is 0.592. The second-order valence-electron chi connectivity index (χ2n) is 4.74. The summed E-state index contributed by atoms with van der Waals surface area (Å²) in [6.45, 7) is 0.821. The van der Waals surface area contributed by atoms with Crippen LogP contribution in [0.25, 0.3) is 0 Å². The number of aliphatic hydroxyl groups excluding tert-OH is 1. The minimum Gasteiger partial charge on any atom is -0.395 e. The number of fused-ring (bicyclic) bond motifs is 1. The van der Waals surface area contributed by atoms with Gasteiger partial charge in [0.1, 0.15) is 4.99 Å². The maximum absolute atomic E-state index is 11.3. The number of carbonyl (C=O) groups is 1. The summed E-state index contributed by atoms with van der Waals surface area (Å²) in [7, 11) is 2.00. The fourth-order valence-corrected chi connectivity index (χ4v) is 6.12. The van der Waals surface area contributed by atoms with Gasteiger partial charge >= 0.3 is 0 Å². The van der Waals surface area contributed by atoms with Gasteiger partial charge in [-0.25, -0.2) is 0 Å². The van der Waals surface area contributed by atoms with Crippen molar-refractivity contribution in [2.24, 2.45) is 0 Å². The molecule has 0 aromatic rings. The Bertz CT molecular complexity index is 585. The average Bonchev–Trinajstić information content (AvgIpc) is 3.04. The molecule has 0 spiro atoms. The number of thiocarbonyl (C=S) groups is 1. The predicted octanol–water partition coefficient (Wildman–Crippen LogP) is 2.53. The van der Waals surface area contributed by atoms with E-state index in [2.05, 4.69) is 22.4 Å². The Hall–Kier alpha value is -0.410. The van der Waals surface area contributed by atoms with E-state index in [-0.39, 0.29) is 11.8 Å². The Labute approximate surface area is 141 Å². The van der Waals surface area contributed by atoms with E-state index in [1.807, 2.05) is 24.9 Å². The van der Waals surface area contributed by atoms with Crippen LogP contribution in [0.4, 0.5) is 4.79 Å². The molecule has 1 amide bonds. The number of amides is 1. The molecule has 8 heteroatoms. The molecule has 3 rings (SSSR count). The van der Waals surface area contributed by atoms with Crippen molar-refractivity contribution in [3.8, 4) is 0 Å². The summed E-state index contributed by atoms with van der Waals surface area (Å²) in [5.74, 6) is 0. The number of aliphatic hydroxyl groups is 1. The van der Waals surface area contributed by atoms with E-state index in [0.29, 0.717) is 22.0 Å². The number of thioether (sulfide) groups is 3. The van der Waals surface area contributed by atoms with E-state index in [0.717, 1.165) is 16.7 Å². The van der Waals surface area contributed by atoms with Crippen LogP contribution in [0.1, 0.15) is 0 Å². The number of allylic oxidation sites excluding steroid dienone is 1. The molecule has 0 aromatic carbocycles. The summed E-state index contributed by atoms with van der Waals surface area (Å²) < 4.78 is 0. The molecule has 2 atom stereocenters. The third-order valence-corrected chi connectivity index (χ3v) is 7.29. The highest BCUT2D eigenvalue weighted by molar-refractivity contribution is 8.19. The number of hydrogen-bond acceptors (Lipinski definition) is 7. The van der Waals surface area contributed by atoms with Crippen LogP contribution in [0.2, 0.25) is 0 Å². The first-order valence-electron chi connectivity index (χ1n) is 6.40.